The van der Waals surface area contributed by atoms with Crippen LogP contribution in [-0.2, 0) is 9.84 Å². The molecule has 116 valence electrons. The van der Waals surface area contributed by atoms with Gasteiger partial charge in [0.15, 0.2) is 9.84 Å². The number of nitro groups is 2. The highest BCUT2D eigenvalue weighted by atomic mass is 32.2. The fourth-order valence-electron chi connectivity index (χ4n) is 1.85. The number of sulfone groups is 1. The second-order valence-electron chi connectivity index (χ2n) is 4.55. The van der Waals surface area contributed by atoms with E-state index in [1.165, 1.54) is 0 Å². The summed E-state index contributed by atoms with van der Waals surface area (Å²) >= 11 is 0. The van der Waals surface area contributed by atoms with Crippen LogP contribution in [-0.4, -0.2) is 24.0 Å². The van der Waals surface area contributed by atoms with Crippen LogP contribution in [0.4, 0.5) is 11.4 Å². The van der Waals surface area contributed by atoms with Crippen molar-refractivity contribution in [3.8, 4) is 0 Å². The van der Waals surface area contributed by atoms with Crippen LogP contribution in [0, 0.1) is 20.2 Å². The first-order valence-electron chi connectivity index (χ1n) is 6.45. The normalized spacial score (nSPS) is 11.3. The SMILES string of the molecule is CCCCCCS(=O)(=O)c1ccc([N+](=O)[O-])cc1[N+](=O)[O-]. The zero-order valence-electron chi connectivity index (χ0n) is 11.5. The number of hydrogen-bond donors (Lipinski definition) is 0. The second-order valence-corrected chi connectivity index (χ2v) is 6.62. The third kappa shape index (κ3) is 4.48. The van der Waals surface area contributed by atoms with Gasteiger partial charge >= 0.3 is 0 Å². The Hall–Kier alpha value is -2.03. The Balaban J connectivity index is 3.11. The molecule has 0 aromatic heterocycles. The highest BCUT2D eigenvalue weighted by Crippen LogP contribution is 2.29. The van der Waals surface area contributed by atoms with Gasteiger partial charge in [-0.05, 0) is 12.5 Å². The molecule has 1 rings (SSSR count). The Morgan fingerprint density at radius 2 is 1.71 bits per heavy atom. The van der Waals surface area contributed by atoms with Crippen molar-refractivity contribution in [3.63, 3.8) is 0 Å². The van der Waals surface area contributed by atoms with Gasteiger partial charge in [-0.25, -0.2) is 8.42 Å². The lowest BCUT2D eigenvalue weighted by Crippen LogP contribution is -2.10. The number of nitrogens with zero attached hydrogens (tertiary/aromatic N) is 2. The Morgan fingerprint density at radius 1 is 1.05 bits per heavy atom. The molecule has 1 aromatic carbocycles. The third-order valence-corrected chi connectivity index (χ3v) is 4.79. The van der Waals surface area contributed by atoms with E-state index in [1.807, 2.05) is 6.92 Å². The summed E-state index contributed by atoms with van der Waals surface area (Å²) in [6.07, 6.45) is 2.95. The predicted octanol–water partition coefficient (Wildman–Crippen LogP) is 2.86. The summed E-state index contributed by atoms with van der Waals surface area (Å²) in [6.45, 7) is 1.98. The van der Waals surface area contributed by atoms with Gasteiger partial charge in [-0.15, -0.1) is 0 Å². The minimum Gasteiger partial charge on any atom is -0.258 e. The predicted molar refractivity (Wildman–Crippen MR) is 75.9 cm³/mol. The molecule has 0 amide bonds. The molecule has 0 saturated carbocycles. The van der Waals surface area contributed by atoms with Gasteiger partial charge in [0.2, 0.25) is 0 Å². The number of benzene rings is 1. The van der Waals surface area contributed by atoms with Crippen LogP contribution in [0.3, 0.4) is 0 Å². The van der Waals surface area contributed by atoms with Gasteiger partial charge < -0.3 is 0 Å². The summed E-state index contributed by atoms with van der Waals surface area (Å²) in [6, 6.07) is 2.58. The fourth-order valence-corrected chi connectivity index (χ4v) is 3.39. The summed E-state index contributed by atoms with van der Waals surface area (Å²) in [5, 5.41) is 21.6. The van der Waals surface area contributed by atoms with Crippen LogP contribution < -0.4 is 0 Å². The monoisotopic (exact) mass is 316 g/mol. The van der Waals surface area contributed by atoms with E-state index in [2.05, 4.69) is 0 Å². The molecule has 21 heavy (non-hydrogen) atoms. The van der Waals surface area contributed by atoms with Crippen LogP contribution in [0.5, 0.6) is 0 Å². The quantitative estimate of drug-likeness (QED) is 0.413. The maximum Gasteiger partial charge on any atom is 0.294 e. The molecule has 0 unspecified atom stereocenters. The topological polar surface area (TPSA) is 120 Å². The minimum absolute atomic E-state index is 0.203. The van der Waals surface area contributed by atoms with Crippen LogP contribution in [0.25, 0.3) is 0 Å². The van der Waals surface area contributed by atoms with E-state index in [0.29, 0.717) is 12.5 Å². The minimum atomic E-state index is -3.82. The lowest BCUT2D eigenvalue weighted by Gasteiger charge is -2.05. The molecule has 0 heterocycles. The molecule has 1 aromatic rings. The third-order valence-electron chi connectivity index (χ3n) is 2.95. The van der Waals surface area contributed by atoms with E-state index in [-0.39, 0.29) is 5.75 Å². The van der Waals surface area contributed by atoms with Crippen molar-refractivity contribution in [1.29, 1.82) is 0 Å². The van der Waals surface area contributed by atoms with Gasteiger partial charge in [0, 0.05) is 6.07 Å². The molecule has 0 bridgehead atoms. The first-order chi connectivity index (χ1) is 9.79. The Morgan fingerprint density at radius 3 is 2.24 bits per heavy atom. The molecule has 0 fully saturated rings. The van der Waals surface area contributed by atoms with Gasteiger partial charge in [0.1, 0.15) is 4.90 Å². The van der Waals surface area contributed by atoms with Crippen molar-refractivity contribution in [3.05, 3.63) is 38.4 Å². The lowest BCUT2D eigenvalue weighted by atomic mass is 10.2. The van der Waals surface area contributed by atoms with Crippen LogP contribution >= 0.6 is 0 Å². The standard InChI is InChI=1S/C12H16N2O6S/c1-2-3-4-5-8-21(19,20)12-7-6-10(13(15)16)9-11(12)14(17)18/h6-7,9H,2-5,8H2,1H3. The molecule has 0 atom stereocenters. The van der Waals surface area contributed by atoms with E-state index in [4.69, 9.17) is 0 Å². The van der Waals surface area contributed by atoms with Crippen molar-refractivity contribution in [2.24, 2.45) is 0 Å². The summed E-state index contributed by atoms with van der Waals surface area (Å²) in [5.41, 5.74) is -1.26. The van der Waals surface area contributed by atoms with Gasteiger partial charge in [-0.3, -0.25) is 20.2 Å². The zero-order valence-corrected chi connectivity index (χ0v) is 12.3. The Labute approximate surface area is 122 Å². The van der Waals surface area contributed by atoms with Crippen LogP contribution in [0.2, 0.25) is 0 Å². The molecule has 0 aliphatic carbocycles. The molecule has 0 radical (unpaired) electrons. The number of unbranched alkanes of at least 4 members (excludes halogenated alkanes) is 3. The van der Waals surface area contributed by atoms with Crippen molar-refractivity contribution in [1.82, 2.24) is 0 Å². The van der Waals surface area contributed by atoms with Crippen LogP contribution in [0.15, 0.2) is 23.1 Å². The molecule has 9 heteroatoms. The van der Waals surface area contributed by atoms with E-state index in [0.717, 1.165) is 31.4 Å². The van der Waals surface area contributed by atoms with E-state index < -0.39 is 36.0 Å². The Bertz CT molecular complexity index is 641. The number of nitro benzene ring substituents is 2. The number of hydrogen-bond acceptors (Lipinski definition) is 6. The van der Waals surface area contributed by atoms with Gasteiger partial charge in [-0.2, -0.15) is 0 Å². The lowest BCUT2D eigenvalue weighted by molar-refractivity contribution is -0.396. The highest BCUT2D eigenvalue weighted by Gasteiger charge is 2.28. The average Bonchev–Trinajstić information content (AvgIpc) is 2.42. The molecular weight excluding hydrogens is 300 g/mol. The van der Waals surface area contributed by atoms with Crippen molar-refractivity contribution in [2.45, 2.75) is 37.5 Å². The first kappa shape index (κ1) is 17.0. The molecule has 0 spiro atoms. The van der Waals surface area contributed by atoms with Crippen molar-refractivity contribution in [2.75, 3.05) is 5.75 Å². The number of rotatable bonds is 8. The summed E-state index contributed by atoms with van der Waals surface area (Å²) in [7, 11) is -3.82. The van der Waals surface area contributed by atoms with E-state index >= 15 is 0 Å². The van der Waals surface area contributed by atoms with Crippen LogP contribution in [0.1, 0.15) is 32.6 Å². The Kier molecular flexibility index (Phi) is 5.77. The van der Waals surface area contributed by atoms with E-state index in [9.17, 15) is 28.6 Å². The van der Waals surface area contributed by atoms with Crippen molar-refractivity contribution >= 4 is 21.2 Å². The maximum atomic E-state index is 12.1. The smallest absolute Gasteiger partial charge is 0.258 e. The average molecular weight is 316 g/mol. The van der Waals surface area contributed by atoms with Crippen molar-refractivity contribution < 1.29 is 18.3 Å². The molecule has 0 aliphatic heterocycles. The fraction of sp³-hybridized carbons (Fsp3) is 0.500. The van der Waals surface area contributed by atoms with Gasteiger partial charge in [0.05, 0.1) is 21.7 Å². The highest BCUT2D eigenvalue weighted by molar-refractivity contribution is 7.91. The molecule has 0 aliphatic rings. The number of non-ortho nitro benzene ring substituents is 1. The first-order valence-corrected chi connectivity index (χ1v) is 8.10. The summed E-state index contributed by atoms with van der Waals surface area (Å²) in [4.78, 5) is 19.4. The summed E-state index contributed by atoms with van der Waals surface area (Å²) in [5.74, 6) is -0.203. The molecule has 0 saturated heterocycles. The summed E-state index contributed by atoms with van der Waals surface area (Å²) < 4.78 is 24.3. The zero-order chi connectivity index (χ0) is 16.0. The largest absolute Gasteiger partial charge is 0.294 e. The second kappa shape index (κ2) is 7.11. The maximum absolute atomic E-state index is 12.1. The molecular formula is C12H16N2O6S. The molecule has 8 nitrogen and oxygen atoms in total. The van der Waals surface area contributed by atoms with Gasteiger partial charge in [0.25, 0.3) is 11.4 Å². The van der Waals surface area contributed by atoms with Gasteiger partial charge in [-0.1, -0.05) is 26.2 Å². The molecule has 0 N–H and O–H groups in total. The van der Waals surface area contributed by atoms with E-state index in [1.54, 1.807) is 0 Å².